The second-order valence-electron chi connectivity index (χ2n) is 23.6. The van der Waals surface area contributed by atoms with E-state index in [0.717, 1.165) is 78.0 Å². The van der Waals surface area contributed by atoms with Gasteiger partial charge in [0.1, 0.15) is 11.2 Å². The van der Waals surface area contributed by atoms with E-state index in [-0.39, 0.29) is 22.7 Å². The van der Waals surface area contributed by atoms with E-state index in [1.807, 2.05) is 0 Å². The lowest BCUT2D eigenvalue weighted by atomic mass is 9.78. The van der Waals surface area contributed by atoms with E-state index in [4.69, 9.17) is 8.83 Å². The molecule has 0 spiro atoms. The van der Waals surface area contributed by atoms with E-state index in [0.29, 0.717) is 0 Å². The molecule has 0 radical (unpaired) electrons. The number of hydrogen-bond acceptors (Lipinski definition) is 4. The third-order valence-corrected chi connectivity index (χ3v) is 17.6. The number of rotatable bonds is 12. The maximum absolute atomic E-state index is 6.96. The van der Waals surface area contributed by atoms with E-state index in [1.54, 1.807) is 0 Å². The molecule has 4 heteroatoms. The summed E-state index contributed by atoms with van der Waals surface area (Å²) < 4.78 is 13.9. The molecule has 0 aliphatic heterocycles. The molecule has 0 fully saturated rings. The van der Waals surface area contributed by atoms with Crippen molar-refractivity contribution in [1.82, 2.24) is 0 Å². The Labute approximate surface area is 468 Å². The van der Waals surface area contributed by atoms with Crippen LogP contribution in [0.25, 0.3) is 76.2 Å². The van der Waals surface area contributed by atoms with E-state index in [2.05, 4.69) is 296 Å². The van der Waals surface area contributed by atoms with Crippen molar-refractivity contribution in [1.29, 1.82) is 0 Å². The molecule has 0 saturated heterocycles. The van der Waals surface area contributed by atoms with Gasteiger partial charge in [-0.1, -0.05) is 225 Å². The molecule has 0 atom stereocenters. The number of anilines is 6. The fraction of sp³-hybridized carbons (Fsp3) is 0.158. The van der Waals surface area contributed by atoms with Crippen LogP contribution in [0.2, 0.25) is 0 Å². The molecule has 0 aliphatic carbocycles. The van der Waals surface area contributed by atoms with Gasteiger partial charge in [-0.25, -0.2) is 0 Å². The molecular weight excluding hydrogens is 973 g/mol. The van der Waals surface area contributed by atoms with Crippen molar-refractivity contribution in [3.63, 3.8) is 0 Å². The molecule has 12 aromatic carbocycles. The molecule has 0 amide bonds. The summed E-state index contributed by atoms with van der Waals surface area (Å²) in [7, 11) is 0. The van der Waals surface area contributed by atoms with Crippen LogP contribution < -0.4 is 9.80 Å². The summed E-state index contributed by atoms with van der Waals surface area (Å²) in [6, 6.07) is 84.8. The average molecular weight is 1040 g/mol. The van der Waals surface area contributed by atoms with Crippen molar-refractivity contribution in [2.24, 2.45) is 0 Å². The number of fused-ring (bicyclic) bond motifs is 6. The third-order valence-electron chi connectivity index (χ3n) is 17.6. The normalized spacial score (nSPS) is 12.5. The number of para-hydroxylation sites is 4. The smallest absolute Gasteiger partial charge is 0.159 e. The molecule has 14 aromatic rings. The van der Waals surface area contributed by atoms with Crippen LogP contribution in [0, 0.1) is 0 Å². The van der Waals surface area contributed by atoms with E-state index < -0.39 is 0 Å². The Balaban J connectivity index is 1.05. The topological polar surface area (TPSA) is 32.8 Å². The summed E-state index contributed by atoms with van der Waals surface area (Å²) in [5, 5.41) is 11.8. The van der Waals surface area contributed by atoms with Crippen molar-refractivity contribution in [2.75, 3.05) is 9.80 Å². The highest BCUT2D eigenvalue weighted by atomic mass is 16.3. The summed E-state index contributed by atoms with van der Waals surface area (Å²) in [4.78, 5) is 4.94. The minimum absolute atomic E-state index is 0.209. The molecule has 2 aromatic heterocycles. The Kier molecular flexibility index (Phi) is 11.5. The molecule has 4 nitrogen and oxygen atoms in total. The highest BCUT2D eigenvalue weighted by Gasteiger charge is 2.31. The molecule has 390 valence electrons. The largest absolute Gasteiger partial charge is 0.454 e. The van der Waals surface area contributed by atoms with Crippen molar-refractivity contribution in [3.05, 3.63) is 264 Å². The summed E-state index contributed by atoms with van der Waals surface area (Å²) in [5.41, 5.74) is 17.0. The third kappa shape index (κ3) is 7.71. The summed E-state index contributed by atoms with van der Waals surface area (Å²) >= 11 is 0. The minimum atomic E-state index is -0.211. The van der Waals surface area contributed by atoms with Gasteiger partial charge in [0.05, 0.1) is 22.7 Å². The molecule has 80 heavy (non-hydrogen) atoms. The maximum Gasteiger partial charge on any atom is 0.159 e. The zero-order valence-corrected chi connectivity index (χ0v) is 46.8. The molecule has 0 N–H and O–H groups in total. The summed E-state index contributed by atoms with van der Waals surface area (Å²) in [5.74, 6) is 0.419. The van der Waals surface area contributed by atoms with Gasteiger partial charge < -0.3 is 18.6 Å². The van der Waals surface area contributed by atoms with Crippen LogP contribution in [0.5, 0.6) is 0 Å². The lowest BCUT2D eigenvalue weighted by Crippen LogP contribution is -2.19. The van der Waals surface area contributed by atoms with Gasteiger partial charge in [-0.2, -0.15) is 0 Å². The maximum atomic E-state index is 6.96. The molecule has 0 aliphatic rings. The quantitative estimate of drug-likeness (QED) is 0.114. The first kappa shape index (κ1) is 49.2. The van der Waals surface area contributed by atoms with Crippen LogP contribution in [-0.2, 0) is 10.8 Å². The van der Waals surface area contributed by atoms with Gasteiger partial charge >= 0.3 is 0 Å². The van der Waals surface area contributed by atoms with Gasteiger partial charge in [0.25, 0.3) is 0 Å². The predicted octanol–water partition coefficient (Wildman–Crippen LogP) is 22.2. The molecule has 14 rings (SSSR count). The van der Waals surface area contributed by atoms with Crippen molar-refractivity contribution >= 4 is 110 Å². The predicted molar refractivity (Wildman–Crippen MR) is 339 cm³/mol. The monoisotopic (exact) mass is 1040 g/mol. The van der Waals surface area contributed by atoms with Gasteiger partial charge in [0.2, 0.25) is 0 Å². The highest BCUT2D eigenvalue weighted by molar-refractivity contribution is 6.30. The van der Waals surface area contributed by atoms with Crippen molar-refractivity contribution in [2.45, 2.75) is 78.1 Å². The summed E-state index contributed by atoms with van der Waals surface area (Å²) in [6.07, 6.45) is 0. The van der Waals surface area contributed by atoms with Gasteiger partial charge in [-0.05, 0) is 127 Å². The van der Waals surface area contributed by atoms with Gasteiger partial charge in [-0.3, -0.25) is 0 Å². The van der Waals surface area contributed by atoms with Gasteiger partial charge in [0, 0.05) is 54.5 Å². The highest BCUT2D eigenvalue weighted by Crippen LogP contribution is 2.53. The number of furan rings is 2. The van der Waals surface area contributed by atoms with Crippen LogP contribution in [0.1, 0.15) is 101 Å². The second-order valence-corrected chi connectivity index (χ2v) is 23.6. The molecule has 2 heterocycles. The zero-order chi connectivity index (χ0) is 54.6. The molecule has 0 unspecified atom stereocenters. The van der Waals surface area contributed by atoms with Crippen molar-refractivity contribution in [3.8, 4) is 0 Å². The number of nitrogens with zero attached hydrogens (tertiary/aromatic N) is 2. The number of benzene rings is 12. The zero-order valence-electron chi connectivity index (χ0n) is 46.8. The van der Waals surface area contributed by atoms with Crippen LogP contribution in [0.15, 0.2) is 239 Å². The Morgan fingerprint density at radius 2 is 0.637 bits per heavy atom. The van der Waals surface area contributed by atoms with E-state index >= 15 is 0 Å². The standard InChI is InChI=1S/C76H64N2O2/c1-47(2)63-45-67(77(65-29-19-27-59-55-25-15-17-31-69(55)79-73(59)65)53-37-33-51(34-38-53)75(5,6)49-21-11-9-12-22-49)61-44-42-58-64(48(3)4)46-68(62-43-41-57(63)71(61)72(58)62)78(66-30-20-28-60-56-26-16-18-32-70(56)80-74(60)66)54-39-35-52(36-40-54)76(7,8)50-23-13-10-14-24-50/h9-48H,1-8H3. The molecule has 0 bridgehead atoms. The first-order chi connectivity index (χ1) is 38.9. The first-order valence-electron chi connectivity index (χ1n) is 28.4. The van der Waals surface area contributed by atoms with Gasteiger partial charge in [0.15, 0.2) is 11.2 Å². The molecular formula is C76H64N2O2. The van der Waals surface area contributed by atoms with Crippen molar-refractivity contribution < 1.29 is 8.83 Å². The van der Waals surface area contributed by atoms with Crippen LogP contribution in [0.4, 0.5) is 34.1 Å². The fourth-order valence-electron chi connectivity index (χ4n) is 13.1. The average Bonchev–Trinajstić information content (AvgIpc) is 4.20. The Morgan fingerprint density at radius 1 is 0.300 bits per heavy atom. The fourth-order valence-corrected chi connectivity index (χ4v) is 13.1. The Bertz CT molecular complexity index is 4340. The van der Waals surface area contributed by atoms with E-state index in [9.17, 15) is 0 Å². The Hall–Kier alpha value is -9.12. The SMILES string of the molecule is CC(C)c1cc(N(c2ccc(C(C)(C)c3ccccc3)cc2)c2cccc3c2oc2ccccc23)c2ccc3c(C(C)C)cc(N(c4ccc(C(C)(C)c5ccccc5)cc4)c4cccc5c4oc4ccccc45)c4ccc1c2c34. The molecule has 0 saturated carbocycles. The Morgan fingerprint density at radius 3 is 1.02 bits per heavy atom. The van der Waals surface area contributed by atoms with Gasteiger partial charge in [-0.15, -0.1) is 0 Å². The lowest BCUT2D eigenvalue weighted by molar-refractivity contribution is 0.641. The summed E-state index contributed by atoms with van der Waals surface area (Å²) in [6.45, 7) is 18.6. The minimum Gasteiger partial charge on any atom is -0.454 e. The second kappa shape index (κ2) is 18.8. The lowest BCUT2D eigenvalue weighted by Gasteiger charge is -2.32. The van der Waals surface area contributed by atoms with Crippen LogP contribution in [-0.4, -0.2) is 0 Å². The van der Waals surface area contributed by atoms with E-state index in [1.165, 1.54) is 65.7 Å². The van der Waals surface area contributed by atoms with Crippen LogP contribution >= 0.6 is 0 Å². The first-order valence-corrected chi connectivity index (χ1v) is 28.4. The number of hydrogen-bond donors (Lipinski definition) is 0. The van der Waals surface area contributed by atoms with Crippen LogP contribution in [0.3, 0.4) is 0 Å².